The molecule has 1 aromatic carbocycles. The normalized spacial score (nSPS) is 19.0. The van der Waals surface area contributed by atoms with Gasteiger partial charge in [0.2, 0.25) is 11.7 Å². The number of hydrogen-bond donors (Lipinski definition) is 0. The van der Waals surface area contributed by atoms with E-state index < -0.39 is 0 Å². The molecule has 1 aliphatic carbocycles. The molecule has 1 aliphatic heterocycles. The minimum atomic E-state index is 0.0494. The van der Waals surface area contributed by atoms with E-state index in [9.17, 15) is 4.79 Å². The summed E-state index contributed by atoms with van der Waals surface area (Å²) in [7, 11) is 0. The summed E-state index contributed by atoms with van der Waals surface area (Å²) in [6.07, 6.45) is 3.96. The van der Waals surface area contributed by atoms with Crippen LogP contribution >= 0.6 is 11.6 Å². The molecule has 25 heavy (non-hydrogen) atoms. The lowest BCUT2D eigenvalue weighted by atomic mass is 9.91. The van der Waals surface area contributed by atoms with Crippen LogP contribution in [0, 0.1) is 0 Å². The van der Waals surface area contributed by atoms with Crippen LogP contribution in [0.4, 0.5) is 0 Å². The van der Waals surface area contributed by atoms with Crippen molar-refractivity contribution in [3.05, 3.63) is 29.3 Å². The summed E-state index contributed by atoms with van der Waals surface area (Å²) in [6.45, 7) is 3.64. The molecular weight excluding hydrogens is 340 g/mol. The molecule has 2 fully saturated rings. The average molecular weight is 361 g/mol. The highest BCUT2D eigenvalue weighted by molar-refractivity contribution is 6.30. The fourth-order valence-electron chi connectivity index (χ4n) is 3.33. The molecule has 1 saturated heterocycles. The Balaban J connectivity index is 1.33. The Kier molecular flexibility index (Phi) is 4.67. The maximum absolute atomic E-state index is 12.5. The smallest absolute Gasteiger partial charge is 0.246 e. The third kappa shape index (κ3) is 3.67. The minimum absolute atomic E-state index is 0.0494. The predicted octanol–water partition coefficient (Wildman–Crippen LogP) is 1.69. The van der Waals surface area contributed by atoms with Gasteiger partial charge in [0.15, 0.2) is 0 Å². The molecule has 4 rings (SSSR count). The minimum Gasteiger partial charge on any atom is -0.338 e. The van der Waals surface area contributed by atoms with Crippen molar-refractivity contribution >= 4 is 17.5 Å². The summed E-state index contributed by atoms with van der Waals surface area (Å²) in [6, 6.07) is 7.99. The summed E-state index contributed by atoms with van der Waals surface area (Å²) in [5.41, 5.74) is 0.831. The van der Waals surface area contributed by atoms with Gasteiger partial charge in [0.25, 0.3) is 0 Å². The van der Waals surface area contributed by atoms with Crippen molar-refractivity contribution in [2.24, 2.45) is 0 Å². The van der Waals surface area contributed by atoms with Crippen molar-refractivity contribution in [2.75, 3.05) is 26.2 Å². The topological polar surface area (TPSA) is 67.2 Å². The Morgan fingerprint density at radius 1 is 1.12 bits per heavy atom. The number of hydrogen-bond acceptors (Lipinski definition) is 5. The zero-order valence-corrected chi connectivity index (χ0v) is 14.8. The third-order valence-corrected chi connectivity index (χ3v) is 5.34. The second-order valence-electron chi connectivity index (χ2n) is 6.65. The van der Waals surface area contributed by atoms with E-state index in [0.29, 0.717) is 10.8 Å². The van der Waals surface area contributed by atoms with Crippen molar-refractivity contribution in [3.63, 3.8) is 0 Å². The van der Waals surface area contributed by atoms with Crippen molar-refractivity contribution < 1.29 is 4.79 Å². The number of halogens is 1. The van der Waals surface area contributed by atoms with Gasteiger partial charge in [-0.25, -0.2) is 0 Å². The van der Waals surface area contributed by atoms with Gasteiger partial charge in [-0.3, -0.25) is 9.69 Å². The van der Waals surface area contributed by atoms with E-state index in [4.69, 9.17) is 11.6 Å². The number of benzene rings is 1. The molecule has 8 heteroatoms. The Morgan fingerprint density at radius 3 is 2.48 bits per heavy atom. The Bertz CT molecular complexity index is 734. The number of rotatable bonds is 4. The van der Waals surface area contributed by atoms with Gasteiger partial charge >= 0.3 is 0 Å². The Labute approximate surface area is 151 Å². The first kappa shape index (κ1) is 16.5. The molecular formula is C17H21ClN6O. The predicted molar refractivity (Wildman–Crippen MR) is 94.1 cm³/mol. The van der Waals surface area contributed by atoms with Crippen LogP contribution in [0.25, 0.3) is 11.4 Å². The van der Waals surface area contributed by atoms with E-state index in [1.54, 1.807) is 12.1 Å². The summed E-state index contributed by atoms with van der Waals surface area (Å²) >= 11 is 5.89. The summed E-state index contributed by atoms with van der Waals surface area (Å²) < 4.78 is 0. The second kappa shape index (κ2) is 7.09. The molecule has 0 unspecified atom stereocenters. The largest absolute Gasteiger partial charge is 0.338 e. The van der Waals surface area contributed by atoms with Crippen molar-refractivity contribution in [1.29, 1.82) is 0 Å². The van der Waals surface area contributed by atoms with Crippen molar-refractivity contribution in [1.82, 2.24) is 30.0 Å². The first-order valence-electron chi connectivity index (χ1n) is 8.74. The highest BCUT2D eigenvalue weighted by Gasteiger charge is 2.29. The molecule has 132 valence electrons. The van der Waals surface area contributed by atoms with Crippen LogP contribution in [0.2, 0.25) is 5.02 Å². The van der Waals surface area contributed by atoms with Gasteiger partial charge in [0.05, 0.1) is 0 Å². The maximum atomic E-state index is 12.5. The van der Waals surface area contributed by atoms with E-state index in [2.05, 4.69) is 20.3 Å². The molecule has 2 aromatic rings. The van der Waals surface area contributed by atoms with Crippen LogP contribution in [0.5, 0.6) is 0 Å². The molecule has 2 heterocycles. The first-order valence-corrected chi connectivity index (χ1v) is 9.12. The average Bonchev–Trinajstić information content (AvgIpc) is 3.03. The number of piperazine rings is 1. The highest BCUT2D eigenvalue weighted by atomic mass is 35.5. The van der Waals surface area contributed by atoms with Crippen LogP contribution in [-0.2, 0) is 11.3 Å². The lowest BCUT2D eigenvalue weighted by Gasteiger charge is -2.42. The molecule has 1 saturated carbocycles. The Morgan fingerprint density at radius 2 is 1.84 bits per heavy atom. The van der Waals surface area contributed by atoms with E-state index in [1.807, 2.05) is 17.0 Å². The molecule has 0 N–H and O–H groups in total. The monoisotopic (exact) mass is 360 g/mol. The van der Waals surface area contributed by atoms with Crippen molar-refractivity contribution in [2.45, 2.75) is 31.8 Å². The van der Waals surface area contributed by atoms with Crippen LogP contribution in [-0.4, -0.2) is 68.1 Å². The van der Waals surface area contributed by atoms with E-state index in [0.717, 1.165) is 37.8 Å². The summed E-state index contributed by atoms with van der Waals surface area (Å²) in [5.74, 6) is 0.549. The number of tetrazole rings is 1. The van der Waals surface area contributed by atoms with Gasteiger partial charge in [-0.2, -0.15) is 4.80 Å². The van der Waals surface area contributed by atoms with Gasteiger partial charge in [-0.15, -0.1) is 10.2 Å². The maximum Gasteiger partial charge on any atom is 0.246 e. The van der Waals surface area contributed by atoms with Crippen LogP contribution in [0.1, 0.15) is 19.3 Å². The Hall–Kier alpha value is -1.99. The van der Waals surface area contributed by atoms with Crippen LogP contribution in [0.15, 0.2) is 24.3 Å². The molecule has 0 spiro atoms. The standard InChI is InChI=1S/C17H21ClN6O/c18-14-6-4-13(5-7-14)17-19-21-24(20-17)12-16(25)23-10-8-22(9-11-23)15-2-1-3-15/h4-7,15H,1-3,8-12H2. The van der Waals surface area contributed by atoms with Crippen LogP contribution in [0.3, 0.4) is 0 Å². The van der Waals surface area contributed by atoms with E-state index >= 15 is 0 Å². The zero-order chi connectivity index (χ0) is 17.2. The molecule has 0 bridgehead atoms. The SMILES string of the molecule is O=C(Cn1nnc(-c2ccc(Cl)cc2)n1)N1CCN(C2CCC2)CC1. The van der Waals surface area contributed by atoms with Crippen molar-refractivity contribution in [3.8, 4) is 11.4 Å². The molecule has 7 nitrogen and oxygen atoms in total. The number of aromatic nitrogens is 4. The van der Waals surface area contributed by atoms with E-state index in [-0.39, 0.29) is 12.5 Å². The quantitative estimate of drug-likeness (QED) is 0.830. The lowest BCUT2D eigenvalue weighted by molar-refractivity contribution is -0.134. The van der Waals surface area contributed by atoms with Gasteiger partial charge in [-0.1, -0.05) is 18.0 Å². The van der Waals surface area contributed by atoms with Gasteiger partial charge in [-0.05, 0) is 42.3 Å². The highest BCUT2D eigenvalue weighted by Crippen LogP contribution is 2.25. The van der Waals surface area contributed by atoms with E-state index in [1.165, 1.54) is 24.1 Å². The number of carbonyl (C=O) groups excluding carboxylic acids is 1. The van der Waals surface area contributed by atoms with Gasteiger partial charge in [0.1, 0.15) is 6.54 Å². The van der Waals surface area contributed by atoms with Gasteiger partial charge in [0, 0.05) is 42.8 Å². The molecule has 0 radical (unpaired) electrons. The molecule has 1 amide bonds. The number of carbonyl (C=O) groups is 1. The molecule has 2 aliphatic rings. The molecule has 1 aromatic heterocycles. The molecule has 0 atom stereocenters. The summed E-state index contributed by atoms with van der Waals surface area (Å²) in [4.78, 5) is 18.3. The zero-order valence-electron chi connectivity index (χ0n) is 14.0. The fourth-order valence-corrected chi connectivity index (χ4v) is 3.46. The number of amides is 1. The lowest BCUT2D eigenvalue weighted by Crippen LogP contribution is -2.54. The third-order valence-electron chi connectivity index (χ3n) is 5.09. The number of nitrogens with zero attached hydrogens (tertiary/aromatic N) is 6. The first-order chi connectivity index (χ1) is 12.2. The van der Waals surface area contributed by atoms with Crippen LogP contribution < -0.4 is 0 Å². The van der Waals surface area contributed by atoms with Gasteiger partial charge < -0.3 is 4.90 Å². The fraction of sp³-hybridized carbons (Fsp3) is 0.529. The summed E-state index contributed by atoms with van der Waals surface area (Å²) in [5, 5.41) is 13.0. The second-order valence-corrected chi connectivity index (χ2v) is 7.09.